The first kappa shape index (κ1) is 19.7. The molecular formula is C22H20ClNO4. The van der Waals surface area contributed by atoms with E-state index < -0.39 is 12.1 Å². The Labute approximate surface area is 168 Å². The average molecular weight is 398 g/mol. The standard InChI is InChI=1S/C22H20ClNO4/c1-3-27-22(26)17-9-11-20(19(23)13-17)24-21(25)14(2)28-18-10-8-15-6-4-5-7-16(15)12-18/h4-14H,3H2,1-2H3,(H,24,25). The van der Waals surface area contributed by atoms with E-state index in [-0.39, 0.29) is 17.5 Å². The molecule has 1 amide bonds. The van der Waals surface area contributed by atoms with Crippen molar-refractivity contribution in [2.75, 3.05) is 11.9 Å². The van der Waals surface area contributed by atoms with Gasteiger partial charge in [-0.3, -0.25) is 4.79 Å². The Bertz CT molecular complexity index is 1020. The highest BCUT2D eigenvalue weighted by Crippen LogP contribution is 2.25. The second-order valence-corrected chi connectivity index (χ2v) is 6.58. The lowest BCUT2D eigenvalue weighted by atomic mass is 10.1. The summed E-state index contributed by atoms with van der Waals surface area (Å²) in [6, 6.07) is 18.1. The van der Waals surface area contributed by atoms with E-state index in [0.29, 0.717) is 17.0 Å². The lowest BCUT2D eigenvalue weighted by Crippen LogP contribution is -2.30. The first-order chi connectivity index (χ1) is 13.5. The SMILES string of the molecule is CCOC(=O)c1ccc(NC(=O)C(C)Oc2ccc3ccccc3c2)c(Cl)c1. The summed E-state index contributed by atoms with van der Waals surface area (Å²) in [6.45, 7) is 3.66. The molecule has 0 saturated heterocycles. The number of nitrogens with one attached hydrogen (secondary N) is 1. The molecule has 28 heavy (non-hydrogen) atoms. The zero-order valence-corrected chi connectivity index (χ0v) is 16.3. The van der Waals surface area contributed by atoms with Gasteiger partial charge in [0.05, 0.1) is 22.9 Å². The molecule has 0 radical (unpaired) electrons. The molecule has 3 aromatic rings. The molecule has 0 saturated carbocycles. The van der Waals surface area contributed by atoms with Crippen LogP contribution in [0.5, 0.6) is 5.75 Å². The van der Waals surface area contributed by atoms with Crippen LogP contribution in [-0.4, -0.2) is 24.6 Å². The predicted molar refractivity (Wildman–Crippen MR) is 110 cm³/mol. The van der Waals surface area contributed by atoms with E-state index >= 15 is 0 Å². The minimum absolute atomic E-state index is 0.247. The molecule has 144 valence electrons. The van der Waals surface area contributed by atoms with Crippen LogP contribution in [0.2, 0.25) is 5.02 Å². The minimum Gasteiger partial charge on any atom is -0.481 e. The van der Waals surface area contributed by atoms with E-state index in [9.17, 15) is 9.59 Å². The largest absolute Gasteiger partial charge is 0.481 e. The Morgan fingerprint density at radius 3 is 2.50 bits per heavy atom. The summed E-state index contributed by atoms with van der Waals surface area (Å²) >= 11 is 6.18. The summed E-state index contributed by atoms with van der Waals surface area (Å²) in [5.41, 5.74) is 0.721. The summed E-state index contributed by atoms with van der Waals surface area (Å²) < 4.78 is 10.7. The number of hydrogen-bond acceptors (Lipinski definition) is 4. The van der Waals surface area contributed by atoms with Crippen LogP contribution in [0.4, 0.5) is 5.69 Å². The van der Waals surface area contributed by atoms with Crippen LogP contribution in [0.15, 0.2) is 60.7 Å². The quantitative estimate of drug-likeness (QED) is 0.589. The molecule has 5 nitrogen and oxygen atoms in total. The summed E-state index contributed by atoms with van der Waals surface area (Å²) in [5.74, 6) is -0.209. The predicted octanol–water partition coefficient (Wildman–Crippen LogP) is 5.08. The number of fused-ring (bicyclic) bond motifs is 1. The molecule has 3 aromatic carbocycles. The second-order valence-electron chi connectivity index (χ2n) is 6.17. The third-order valence-corrected chi connectivity index (χ3v) is 4.45. The van der Waals surface area contributed by atoms with Crippen LogP contribution in [0, 0.1) is 0 Å². The molecule has 0 aromatic heterocycles. The van der Waals surface area contributed by atoms with Gasteiger partial charge in [-0.15, -0.1) is 0 Å². The monoisotopic (exact) mass is 397 g/mol. The highest BCUT2D eigenvalue weighted by Gasteiger charge is 2.17. The van der Waals surface area contributed by atoms with E-state index in [4.69, 9.17) is 21.1 Å². The maximum atomic E-state index is 12.5. The Morgan fingerprint density at radius 2 is 1.79 bits per heavy atom. The number of carbonyl (C=O) groups is 2. The number of hydrogen-bond donors (Lipinski definition) is 1. The van der Waals surface area contributed by atoms with Crippen molar-refractivity contribution in [2.24, 2.45) is 0 Å². The third kappa shape index (κ3) is 4.61. The van der Waals surface area contributed by atoms with Crippen LogP contribution in [0.1, 0.15) is 24.2 Å². The Hall–Kier alpha value is -3.05. The maximum absolute atomic E-state index is 12.5. The van der Waals surface area contributed by atoms with E-state index in [1.54, 1.807) is 26.0 Å². The maximum Gasteiger partial charge on any atom is 0.338 e. The van der Waals surface area contributed by atoms with Crippen LogP contribution in [0.25, 0.3) is 10.8 Å². The fourth-order valence-electron chi connectivity index (χ4n) is 2.69. The topological polar surface area (TPSA) is 64.6 Å². The molecule has 3 rings (SSSR count). The molecule has 0 bridgehead atoms. The summed E-state index contributed by atoms with van der Waals surface area (Å²) in [4.78, 5) is 24.2. The Balaban J connectivity index is 1.67. The van der Waals surface area contributed by atoms with Gasteiger partial charge in [-0.25, -0.2) is 4.79 Å². The van der Waals surface area contributed by atoms with Crippen LogP contribution in [-0.2, 0) is 9.53 Å². The number of ether oxygens (including phenoxy) is 2. The van der Waals surface area contributed by atoms with Crippen molar-refractivity contribution in [3.8, 4) is 5.75 Å². The fraction of sp³-hybridized carbons (Fsp3) is 0.182. The second kappa shape index (κ2) is 8.76. The fourth-order valence-corrected chi connectivity index (χ4v) is 2.92. The molecule has 0 aliphatic carbocycles. The van der Waals surface area contributed by atoms with Crippen molar-refractivity contribution < 1.29 is 19.1 Å². The molecule has 0 aliphatic rings. The van der Waals surface area contributed by atoms with Gasteiger partial charge in [-0.05, 0) is 55.0 Å². The lowest BCUT2D eigenvalue weighted by Gasteiger charge is -2.16. The summed E-state index contributed by atoms with van der Waals surface area (Å²) in [7, 11) is 0. The first-order valence-corrected chi connectivity index (χ1v) is 9.28. The van der Waals surface area contributed by atoms with Crippen LogP contribution in [0.3, 0.4) is 0 Å². The van der Waals surface area contributed by atoms with Gasteiger partial charge in [-0.2, -0.15) is 0 Å². The van der Waals surface area contributed by atoms with Crippen molar-refractivity contribution in [1.29, 1.82) is 0 Å². The van der Waals surface area contributed by atoms with Gasteiger partial charge in [-0.1, -0.05) is 41.9 Å². The number of benzene rings is 3. The normalized spacial score (nSPS) is 11.7. The smallest absolute Gasteiger partial charge is 0.338 e. The molecule has 0 fully saturated rings. The Morgan fingerprint density at radius 1 is 1.04 bits per heavy atom. The summed E-state index contributed by atoms with van der Waals surface area (Å²) in [5, 5.41) is 5.09. The molecule has 0 aliphatic heterocycles. The number of anilines is 1. The minimum atomic E-state index is -0.734. The highest BCUT2D eigenvalue weighted by atomic mass is 35.5. The van der Waals surface area contributed by atoms with Gasteiger partial charge in [0, 0.05) is 0 Å². The Kier molecular flexibility index (Phi) is 6.16. The first-order valence-electron chi connectivity index (χ1n) is 8.91. The number of esters is 1. The molecule has 0 spiro atoms. The zero-order chi connectivity index (χ0) is 20.1. The molecule has 6 heteroatoms. The number of carbonyl (C=O) groups excluding carboxylic acids is 2. The van der Waals surface area contributed by atoms with Gasteiger partial charge in [0.15, 0.2) is 6.10 Å². The molecular weight excluding hydrogens is 378 g/mol. The van der Waals surface area contributed by atoms with Gasteiger partial charge < -0.3 is 14.8 Å². The summed E-state index contributed by atoms with van der Waals surface area (Å²) in [6.07, 6.45) is -0.734. The van der Waals surface area contributed by atoms with E-state index in [1.807, 2.05) is 42.5 Å². The van der Waals surface area contributed by atoms with Crippen LogP contribution < -0.4 is 10.1 Å². The highest BCUT2D eigenvalue weighted by molar-refractivity contribution is 6.34. The number of amides is 1. The van der Waals surface area contributed by atoms with Crippen molar-refractivity contribution in [1.82, 2.24) is 0 Å². The van der Waals surface area contributed by atoms with Crippen molar-refractivity contribution in [3.05, 3.63) is 71.2 Å². The molecule has 1 N–H and O–H groups in total. The van der Waals surface area contributed by atoms with Gasteiger partial charge in [0.25, 0.3) is 5.91 Å². The number of rotatable bonds is 6. The van der Waals surface area contributed by atoms with Crippen molar-refractivity contribution in [3.63, 3.8) is 0 Å². The number of halogens is 1. The third-order valence-electron chi connectivity index (χ3n) is 4.14. The van der Waals surface area contributed by atoms with Crippen molar-refractivity contribution >= 4 is 39.9 Å². The zero-order valence-electron chi connectivity index (χ0n) is 15.6. The lowest BCUT2D eigenvalue weighted by molar-refractivity contribution is -0.122. The molecule has 1 unspecified atom stereocenters. The molecule has 0 heterocycles. The average Bonchev–Trinajstić information content (AvgIpc) is 2.69. The van der Waals surface area contributed by atoms with E-state index in [0.717, 1.165) is 10.8 Å². The van der Waals surface area contributed by atoms with E-state index in [2.05, 4.69) is 5.32 Å². The van der Waals surface area contributed by atoms with Gasteiger partial charge in [0.1, 0.15) is 5.75 Å². The van der Waals surface area contributed by atoms with Gasteiger partial charge in [0.2, 0.25) is 0 Å². The van der Waals surface area contributed by atoms with Crippen LogP contribution >= 0.6 is 11.6 Å². The molecule has 1 atom stereocenters. The van der Waals surface area contributed by atoms with Gasteiger partial charge >= 0.3 is 5.97 Å². The van der Waals surface area contributed by atoms with Crippen molar-refractivity contribution in [2.45, 2.75) is 20.0 Å². The van der Waals surface area contributed by atoms with E-state index in [1.165, 1.54) is 6.07 Å².